The van der Waals surface area contributed by atoms with Crippen molar-refractivity contribution in [3.8, 4) is 23.0 Å². The molecule has 502 valence electrons. The van der Waals surface area contributed by atoms with E-state index < -0.39 is 66.2 Å². The molecular formula is C65H93N6O20+. The highest BCUT2D eigenvalue weighted by Gasteiger charge is 2.56. The van der Waals surface area contributed by atoms with Gasteiger partial charge in [-0.05, 0) is 82.7 Å². The van der Waals surface area contributed by atoms with E-state index in [0.717, 1.165) is 89.4 Å². The molecule has 26 heteroatoms. The van der Waals surface area contributed by atoms with Crippen molar-refractivity contribution in [1.82, 2.24) is 24.8 Å². The molecule has 0 saturated carbocycles. The van der Waals surface area contributed by atoms with Gasteiger partial charge >= 0.3 is 36.2 Å². The largest absolute Gasteiger partial charge is 0.487 e. The minimum Gasteiger partial charge on any atom is -0.487 e. The molecule has 0 bridgehead atoms. The van der Waals surface area contributed by atoms with Crippen LogP contribution in [0.1, 0.15) is 128 Å². The smallest absolute Gasteiger partial charge is 0.410 e. The molecule has 4 heterocycles. The van der Waals surface area contributed by atoms with Crippen LogP contribution in [0.2, 0.25) is 0 Å². The number of carbonyl (C=O) groups is 6. The number of nitrogens with zero attached hydrogens (tertiary/aromatic N) is 6. The van der Waals surface area contributed by atoms with Gasteiger partial charge < -0.3 is 76.1 Å². The second-order valence-corrected chi connectivity index (χ2v) is 22.9. The number of para-hydroxylation sites is 2. The lowest BCUT2D eigenvalue weighted by Crippen LogP contribution is -2.65. The van der Waals surface area contributed by atoms with Gasteiger partial charge in [-0.15, -0.1) is 5.10 Å². The maximum atomic E-state index is 13.6. The summed E-state index contributed by atoms with van der Waals surface area (Å²) in [6.07, 6.45) is 6.34. The Morgan fingerprint density at radius 1 is 0.593 bits per heavy atom. The molecule has 1 saturated heterocycles. The van der Waals surface area contributed by atoms with Crippen molar-refractivity contribution in [2.45, 2.75) is 156 Å². The standard InChI is InChI=1S/C65H93N6O20/c1-47(72)86-46-58-59(87-48(2)73)60(88-49(3)74)61(89-50(4)75)63(90-58)69-29-24-52(25-30-69)62(76)68(8)26-16-11-12-18-28-71-45-53(66-67-71)19-13-9-10-17-27-70(64(77)91-65(5,6)7)44-51-22-23-56-57(43-51)85-42-38-81-34-33-79-36-40-83-55-21-15-14-20-54(55)82-39-35-78-31-32-80-37-41-84-56/h14-15,20-25,29-30,43,45,58-61,63H,9-13,16-19,26-28,31-42,44,46H2,1-8H3/q+1/t58-,59-,60+,61+,63+/m1/s1. The highest BCUT2D eigenvalue weighted by molar-refractivity contribution is 5.93. The van der Waals surface area contributed by atoms with Gasteiger partial charge in [0.1, 0.15) is 44.7 Å². The number of amides is 2. The van der Waals surface area contributed by atoms with E-state index in [0.29, 0.717) is 114 Å². The summed E-state index contributed by atoms with van der Waals surface area (Å²) in [6, 6.07) is 16.3. The maximum Gasteiger partial charge on any atom is 0.410 e. The third-order valence-electron chi connectivity index (χ3n) is 14.1. The molecule has 0 aliphatic carbocycles. The van der Waals surface area contributed by atoms with Gasteiger partial charge in [0.2, 0.25) is 6.10 Å². The zero-order chi connectivity index (χ0) is 65.4. The topological polar surface area (TPSA) is 273 Å². The van der Waals surface area contributed by atoms with Crippen molar-refractivity contribution in [3.63, 3.8) is 0 Å². The van der Waals surface area contributed by atoms with E-state index in [1.54, 1.807) is 41.4 Å². The second-order valence-electron chi connectivity index (χ2n) is 22.9. The summed E-state index contributed by atoms with van der Waals surface area (Å²) in [5.41, 5.74) is 1.48. The molecule has 91 heavy (non-hydrogen) atoms. The minimum absolute atomic E-state index is 0.211. The number of pyridine rings is 1. The van der Waals surface area contributed by atoms with Crippen LogP contribution in [0.25, 0.3) is 0 Å². The van der Waals surface area contributed by atoms with E-state index in [-0.39, 0.29) is 25.7 Å². The lowest BCUT2D eigenvalue weighted by Gasteiger charge is -2.41. The Kier molecular flexibility index (Phi) is 31.0. The fourth-order valence-corrected chi connectivity index (χ4v) is 9.86. The molecule has 26 nitrogen and oxygen atoms in total. The number of rotatable bonds is 23. The number of carbonyl (C=O) groups excluding carboxylic acids is 6. The van der Waals surface area contributed by atoms with Crippen molar-refractivity contribution in [1.29, 1.82) is 0 Å². The third-order valence-corrected chi connectivity index (χ3v) is 14.1. The average Bonchev–Trinajstić information content (AvgIpc) is 0.967. The number of unbranched alkanes of at least 4 members (excludes halogenated alkanes) is 6. The molecule has 2 aliphatic heterocycles. The number of hydrogen-bond acceptors (Lipinski definition) is 22. The van der Waals surface area contributed by atoms with Crippen molar-refractivity contribution in [3.05, 3.63) is 90.0 Å². The lowest BCUT2D eigenvalue weighted by atomic mass is 9.97. The molecule has 0 radical (unpaired) electrons. The van der Waals surface area contributed by atoms with Crippen molar-refractivity contribution in [2.24, 2.45) is 0 Å². The number of hydrogen-bond donors (Lipinski definition) is 0. The Labute approximate surface area is 533 Å². The van der Waals surface area contributed by atoms with Gasteiger partial charge in [0.25, 0.3) is 5.91 Å². The van der Waals surface area contributed by atoms with E-state index in [2.05, 4.69) is 10.3 Å². The maximum absolute atomic E-state index is 13.6. The first-order chi connectivity index (χ1) is 43.8. The summed E-state index contributed by atoms with van der Waals surface area (Å²) in [4.78, 5) is 79.0. The zero-order valence-electron chi connectivity index (χ0n) is 54.0. The van der Waals surface area contributed by atoms with Gasteiger partial charge in [0.15, 0.2) is 47.6 Å². The number of esters is 4. The predicted molar refractivity (Wildman–Crippen MR) is 326 cm³/mol. The first-order valence-electron chi connectivity index (χ1n) is 31.3. The van der Waals surface area contributed by atoms with Crippen LogP contribution in [0.5, 0.6) is 23.0 Å². The molecule has 2 amide bonds. The lowest BCUT2D eigenvalue weighted by molar-refractivity contribution is -0.777. The summed E-state index contributed by atoms with van der Waals surface area (Å²) in [6.45, 7) is 16.2. The summed E-state index contributed by atoms with van der Waals surface area (Å²) in [5, 5.41) is 8.78. The molecule has 2 aliphatic rings. The molecule has 5 atom stereocenters. The average molecular weight is 1280 g/mol. The van der Waals surface area contributed by atoms with Crippen molar-refractivity contribution in [2.75, 3.05) is 106 Å². The summed E-state index contributed by atoms with van der Waals surface area (Å²) in [5.74, 6) is -0.686. The van der Waals surface area contributed by atoms with E-state index in [4.69, 9.17) is 66.3 Å². The van der Waals surface area contributed by atoms with Crippen LogP contribution in [-0.2, 0) is 86.1 Å². The Balaban J connectivity index is 0.907. The molecule has 6 rings (SSSR count). The van der Waals surface area contributed by atoms with Gasteiger partial charge in [0, 0.05) is 79.3 Å². The van der Waals surface area contributed by atoms with Gasteiger partial charge in [-0.2, -0.15) is 4.57 Å². The zero-order valence-corrected chi connectivity index (χ0v) is 54.0. The van der Waals surface area contributed by atoms with Crippen LogP contribution in [0.4, 0.5) is 4.79 Å². The molecular weight excluding hydrogens is 1180 g/mol. The molecule has 2 aromatic heterocycles. The molecule has 1 fully saturated rings. The van der Waals surface area contributed by atoms with E-state index in [1.807, 2.05) is 74.1 Å². The normalized spacial score (nSPS) is 18.9. The Hall–Kier alpha value is -7.65. The third kappa shape index (κ3) is 26.6. The van der Waals surface area contributed by atoms with Gasteiger partial charge in [-0.1, -0.05) is 49.1 Å². The van der Waals surface area contributed by atoms with Crippen LogP contribution < -0.4 is 23.5 Å². The van der Waals surface area contributed by atoms with E-state index in [1.165, 1.54) is 18.4 Å². The highest BCUT2D eigenvalue weighted by Crippen LogP contribution is 2.33. The second kappa shape index (κ2) is 38.9. The van der Waals surface area contributed by atoms with E-state index in [9.17, 15) is 28.8 Å². The fraction of sp³-hybridized carbons (Fsp3) is 0.615. The number of fused-ring (bicyclic) bond motifs is 2. The summed E-state index contributed by atoms with van der Waals surface area (Å²) >= 11 is 0. The van der Waals surface area contributed by atoms with Crippen LogP contribution in [0, 0.1) is 0 Å². The number of ether oxygens (including phenoxy) is 14. The Morgan fingerprint density at radius 2 is 1.11 bits per heavy atom. The van der Waals surface area contributed by atoms with E-state index >= 15 is 0 Å². The number of aryl methyl sites for hydroxylation is 2. The SMILES string of the molecule is CC(=O)OC[C@H]1O[C@H]([n+]2ccc(C(=O)N(C)CCCCCCn3cc(CCCCCCN(Cc4ccc5c(c4)OCCOCCOCCOc4ccccc4OCCOCCOCCO5)C(=O)OC(C)(C)C)nn3)cc2)[C@@H](OC(C)=O)[C@@H](OC(C)=O)[C@@H]1OC(C)=O. The number of benzene rings is 2. The van der Waals surface area contributed by atoms with Gasteiger partial charge in [0.05, 0.1) is 64.1 Å². The van der Waals surface area contributed by atoms with Gasteiger partial charge in [-0.25, -0.2) is 4.79 Å². The van der Waals surface area contributed by atoms with Crippen LogP contribution in [0.3, 0.4) is 0 Å². The molecule has 0 unspecified atom stereocenters. The summed E-state index contributed by atoms with van der Waals surface area (Å²) in [7, 11) is 1.73. The molecule has 0 N–H and O–H groups in total. The van der Waals surface area contributed by atoms with Gasteiger partial charge in [-0.3, -0.25) is 28.7 Å². The monoisotopic (exact) mass is 1280 g/mol. The van der Waals surface area contributed by atoms with Crippen LogP contribution >= 0.6 is 0 Å². The molecule has 0 spiro atoms. The summed E-state index contributed by atoms with van der Waals surface area (Å²) < 4.78 is 84.4. The number of aromatic nitrogens is 4. The highest BCUT2D eigenvalue weighted by atomic mass is 16.7. The molecule has 4 aromatic rings. The minimum atomic E-state index is -1.33. The van der Waals surface area contributed by atoms with Crippen LogP contribution in [0.15, 0.2) is 73.2 Å². The first kappa shape index (κ1) is 72.4. The Morgan fingerprint density at radius 3 is 1.68 bits per heavy atom. The fourth-order valence-electron chi connectivity index (χ4n) is 9.86. The molecule has 2 aromatic carbocycles. The predicted octanol–water partition coefficient (Wildman–Crippen LogP) is 6.99. The van der Waals surface area contributed by atoms with Crippen LogP contribution in [-0.4, -0.2) is 197 Å². The van der Waals surface area contributed by atoms with Crippen molar-refractivity contribution >= 4 is 35.9 Å². The Bertz CT molecular complexity index is 2870. The quantitative estimate of drug-likeness (QED) is 0.0313. The first-order valence-corrected chi connectivity index (χ1v) is 31.3. The van der Waals surface area contributed by atoms with Crippen molar-refractivity contribution < 1.29 is 99.7 Å².